The Morgan fingerprint density at radius 3 is 2.50 bits per heavy atom. The van der Waals surface area contributed by atoms with E-state index in [0.717, 1.165) is 43.9 Å². The van der Waals surface area contributed by atoms with E-state index in [2.05, 4.69) is 28.1 Å². The molecule has 0 atom stereocenters. The summed E-state index contributed by atoms with van der Waals surface area (Å²) in [6.07, 6.45) is 0.948. The molecule has 150 valence electrons. The minimum atomic E-state index is -0.331. The van der Waals surface area contributed by atoms with Crippen LogP contribution in [0.25, 0.3) is 0 Å². The van der Waals surface area contributed by atoms with E-state index in [0.29, 0.717) is 13.1 Å². The number of carbonyl (C=O) groups is 1. The van der Waals surface area contributed by atoms with E-state index in [4.69, 9.17) is 4.74 Å². The summed E-state index contributed by atoms with van der Waals surface area (Å²) in [5.74, 6) is -0.0505. The summed E-state index contributed by atoms with van der Waals surface area (Å²) in [6, 6.07) is 13.1. The maximum absolute atomic E-state index is 13.8. The van der Waals surface area contributed by atoms with Crippen molar-refractivity contribution in [2.45, 2.75) is 19.9 Å². The second kappa shape index (κ2) is 9.66. The second-order valence-electron chi connectivity index (χ2n) is 7.12. The fraction of sp³-hybridized carbons (Fsp3) is 0.409. The van der Waals surface area contributed by atoms with Gasteiger partial charge >= 0.3 is 0 Å². The topological polar surface area (TPSA) is 44.8 Å². The molecule has 1 aliphatic rings. The van der Waals surface area contributed by atoms with E-state index >= 15 is 0 Å². The molecule has 0 unspecified atom stereocenters. The Morgan fingerprint density at radius 1 is 1.07 bits per heavy atom. The zero-order valence-corrected chi connectivity index (χ0v) is 16.6. The van der Waals surface area contributed by atoms with Crippen molar-refractivity contribution in [1.82, 2.24) is 9.80 Å². The Hall–Kier alpha value is -2.44. The normalized spacial score (nSPS) is 15.4. The first-order valence-electron chi connectivity index (χ1n) is 9.73. The van der Waals surface area contributed by atoms with Crippen molar-refractivity contribution >= 4 is 11.6 Å². The molecule has 3 rings (SSSR count). The third-order valence-electron chi connectivity index (χ3n) is 5.07. The largest absolute Gasteiger partial charge is 0.494 e. The summed E-state index contributed by atoms with van der Waals surface area (Å²) < 4.78 is 18.8. The lowest BCUT2D eigenvalue weighted by Crippen LogP contribution is -2.48. The molecule has 0 saturated carbocycles. The summed E-state index contributed by atoms with van der Waals surface area (Å²) in [5.41, 5.74) is 2.99. The molecule has 0 spiro atoms. The van der Waals surface area contributed by atoms with E-state index in [1.807, 2.05) is 24.3 Å². The number of methoxy groups -OCH3 is 1. The molecule has 28 heavy (non-hydrogen) atoms. The molecule has 1 aliphatic heterocycles. The number of hydrogen-bond donors (Lipinski definition) is 1. The van der Waals surface area contributed by atoms with E-state index < -0.39 is 0 Å². The smallest absolute Gasteiger partial charge is 0.238 e. The van der Waals surface area contributed by atoms with Gasteiger partial charge in [0, 0.05) is 38.4 Å². The minimum absolute atomic E-state index is 0.0129. The van der Waals surface area contributed by atoms with Crippen molar-refractivity contribution in [2.24, 2.45) is 0 Å². The van der Waals surface area contributed by atoms with E-state index in [-0.39, 0.29) is 17.5 Å². The van der Waals surface area contributed by atoms with Gasteiger partial charge in [-0.25, -0.2) is 4.39 Å². The number of anilines is 1. The van der Waals surface area contributed by atoms with Crippen molar-refractivity contribution in [3.05, 3.63) is 59.4 Å². The van der Waals surface area contributed by atoms with Gasteiger partial charge in [0.2, 0.25) is 5.91 Å². The molecule has 1 amide bonds. The first-order chi connectivity index (χ1) is 13.6. The summed E-state index contributed by atoms with van der Waals surface area (Å²) in [4.78, 5) is 16.8. The number of hydrogen-bond acceptors (Lipinski definition) is 4. The molecular weight excluding hydrogens is 357 g/mol. The number of nitrogens with zero attached hydrogens (tertiary/aromatic N) is 2. The molecule has 0 radical (unpaired) electrons. The van der Waals surface area contributed by atoms with Crippen LogP contribution in [-0.4, -0.2) is 55.5 Å². The molecule has 5 nitrogen and oxygen atoms in total. The lowest BCUT2D eigenvalue weighted by atomic mass is 10.1. The Bertz CT molecular complexity index is 804. The molecule has 6 heteroatoms. The van der Waals surface area contributed by atoms with Gasteiger partial charge in [0.1, 0.15) is 0 Å². The maximum Gasteiger partial charge on any atom is 0.238 e. The van der Waals surface area contributed by atoms with Crippen molar-refractivity contribution in [2.75, 3.05) is 45.2 Å². The zero-order valence-electron chi connectivity index (χ0n) is 16.6. The van der Waals surface area contributed by atoms with Gasteiger partial charge in [0.05, 0.1) is 13.7 Å². The summed E-state index contributed by atoms with van der Waals surface area (Å²) in [7, 11) is 1.47. The van der Waals surface area contributed by atoms with Gasteiger partial charge in [0.15, 0.2) is 11.6 Å². The van der Waals surface area contributed by atoms with Gasteiger partial charge in [0.25, 0.3) is 0 Å². The predicted molar refractivity (Wildman–Crippen MR) is 109 cm³/mol. The average molecular weight is 385 g/mol. The van der Waals surface area contributed by atoms with Crippen LogP contribution in [0.2, 0.25) is 0 Å². The van der Waals surface area contributed by atoms with Crippen molar-refractivity contribution in [3.63, 3.8) is 0 Å². The van der Waals surface area contributed by atoms with E-state index in [9.17, 15) is 9.18 Å². The van der Waals surface area contributed by atoms with Gasteiger partial charge in [-0.3, -0.25) is 14.6 Å². The summed E-state index contributed by atoms with van der Waals surface area (Å²) in [5, 5.41) is 2.98. The molecule has 1 saturated heterocycles. The van der Waals surface area contributed by atoms with Crippen molar-refractivity contribution in [3.8, 4) is 5.75 Å². The molecule has 1 fully saturated rings. The lowest BCUT2D eigenvalue weighted by molar-refractivity contribution is -0.117. The molecule has 0 bridgehead atoms. The number of nitrogens with one attached hydrogen (secondary N) is 1. The van der Waals surface area contributed by atoms with Crippen LogP contribution in [0.3, 0.4) is 0 Å². The highest BCUT2D eigenvalue weighted by Crippen LogP contribution is 2.19. The number of ether oxygens (including phenoxy) is 1. The fourth-order valence-electron chi connectivity index (χ4n) is 3.44. The maximum atomic E-state index is 13.8. The Morgan fingerprint density at radius 2 is 1.82 bits per heavy atom. The number of halogens is 1. The van der Waals surface area contributed by atoms with Gasteiger partial charge in [-0.2, -0.15) is 0 Å². The molecule has 2 aromatic rings. The number of rotatable bonds is 7. The quantitative estimate of drug-likeness (QED) is 0.795. The minimum Gasteiger partial charge on any atom is -0.494 e. The third kappa shape index (κ3) is 5.53. The number of aryl methyl sites for hydroxylation is 1. The van der Waals surface area contributed by atoms with Crippen LogP contribution in [0.5, 0.6) is 5.75 Å². The van der Waals surface area contributed by atoms with Crippen LogP contribution in [0.1, 0.15) is 18.1 Å². The predicted octanol–water partition coefficient (Wildman–Crippen LogP) is 3.15. The number of amides is 1. The lowest BCUT2D eigenvalue weighted by Gasteiger charge is -2.34. The summed E-state index contributed by atoms with van der Waals surface area (Å²) >= 11 is 0. The van der Waals surface area contributed by atoms with E-state index in [1.165, 1.54) is 18.7 Å². The Kier molecular flexibility index (Phi) is 7.01. The highest BCUT2D eigenvalue weighted by molar-refractivity contribution is 5.92. The highest BCUT2D eigenvalue weighted by atomic mass is 19.1. The number of benzene rings is 2. The monoisotopic (exact) mass is 385 g/mol. The molecule has 2 aromatic carbocycles. The van der Waals surface area contributed by atoms with Crippen LogP contribution in [-0.2, 0) is 17.8 Å². The molecule has 1 heterocycles. The van der Waals surface area contributed by atoms with Crippen LogP contribution in [0.15, 0.2) is 42.5 Å². The molecular formula is C22H28FN3O2. The van der Waals surface area contributed by atoms with Crippen molar-refractivity contribution in [1.29, 1.82) is 0 Å². The molecule has 0 aromatic heterocycles. The number of carbonyl (C=O) groups excluding carboxylic acids is 1. The Balaban J connectivity index is 1.44. The highest BCUT2D eigenvalue weighted by Gasteiger charge is 2.19. The van der Waals surface area contributed by atoms with Crippen LogP contribution in [0, 0.1) is 5.82 Å². The fourth-order valence-corrected chi connectivity index (χ4v) is 3.44. The zero-order chi connectivity index (χ0) is 19.9. The first kappa shape index (κ1) is 20.3. The average Bonchev–Trinajstić information content (AvgIpc) is 2.70. The standard InChI is InChI=1S/C22H28FN3O2/c1-3-17-5-4-6-19(13-17)24-22(27)16-26-11-9-25(10-12-26)15-18-7-8-21(28-2)20(23)14-18/h4-8,13-14H,3,9-12,15-16H2,1-2H3,(H,24,27). The molecule has 1 N–H and O–H groups in total. The van der Waals surface area contributed by atoms with Gasteiger partial charge in [-0.05, 0) is 41.8 Å². The number of piperazine rings is 1. The molecule has 0 aliphatic carbocycles. The van der Waals surface area contributed by atoms with Gasteiger partial charge in [-0.1, -0.05) is 25.1 Å². The second-order valence-corrected chi connectivity index (χ2v) is 7.12. The van der Waals surface area contributed by atoms with Crippen LogP contribution >= 0.6 is 0 Å². The van der Waals surface area contributed by atoms with Crippen LogP contribution in [0.4, 0.5) is 10.1 Å². The van der Waals surface area contributed by atoms with Gasteiger partial charge in [-0.15, -0.1) is 0 Å². The van der Waals surface area contributed by atoms with Crippen molar-refractivity contribution < 1.29 is 13.9 Å². The summed E-state index contributed by atoms with van der Waals surface area (Å²) in [6.45, 7) is 6.54. The SMILES string of the molecule is CCc1cccc(NC(=O)CN2CCN(Cc3ccc(OC)c(F)c3)CC2)c1. The van der Waals surface area contributed by atoms with Crippen LogP contribution < -0.4 is 10.1 Å². The Labute approximate surface area is 166 Å². The van der Waals surface area contributed by atoms with E-state index in [1.54, 1.807) is 6.07 Å². The third-order valence-corrected chi connectivity index (χ3v) is 5.07. The van der Waals surface area contributed by atoms with Gasteiger partial charge < -0.3 is 10.1 Å². The first-order valence-corrected chi connectivity index (χ1v) is 9.73.